The first-order valence-corrected chi connectivity index (χ1v) is 6.72. The number of nitrogen functional groups attached to an aromatic ring is 1. The van der Waals surface area contributed by atoms with Gasteiger partial charge < -0.3 is 15.6 Å². The number of para-hydroxylation sites is 2. The summed E-state index contributed by atoms with van der Waals surface area (Å²) in [6.45, 7) is 0.854. The molecule has 0 aliphatic carbocycles. The minimum atomic E-state index is 0.785. The Bertz CT molecular complexity index is 730. The second-order valence-corrected chi connectivity index (χ2v) is 4.94. The van der Waals surface area contributed by atoms with Crippen LogP contribution in [0.2, 0.25) is 0 Å². The van der Waals surface area contributed by atoms with Gasteiger partial charge >= 0.3 is 0 Å². The lowest BCUT2D eigenvalue weighted by atomic mass is 10.1. The highest BCUT2D eigenvalue weighted by Gasteiger charge is 2.02. The normalized spacial score (nSPS) is 10.8. The number of imidazole rings is 1. The summed E-state index contributed by atoms with van der Waals surface area (Å²) in [6.07, 6.45) is 2.79. The first kappa shape index (κ1) is 12.5. The number of hydrogen-bond donors (Lipinski definition) is 2. The molecule has 1 heterocycles. The van der Waals surface area contributed by atoms with Crippen LogP contribution in [-0.4, -0.2) is 16.1 Å². The van der Waals surface area contributed by atoms with Crippen molar-refractivity contribution in [1.82, 2.24) is 9.55 Å². The Balaban J connectivity index is 1.67. The Kier molecular flexibility index (Phi) is 3.29. The lowest BCUT2D eigenvalue weighted by Gasteiger charge is -2.09. The zero-order valence-electron chi connectivity index (χ0n) is 11.5. The number of anilines is 2. The van der Waals surface area contributed by atoms with E-state index in [1.807, 2.05) is 42.2 Å². The Morgan fingerprint density at radius 1 is 1.20 bits per heavy atom. The average molecular weight is 266 g/mol. The number of nitrogens with one attached hydrogen (secondary N) is 1. The van der Waals surface area contributed by atoms with Crippen molar-refractivity contribution >= 4 is 22.4 Å². The molecule has 0 radical (unpaired) electrons. The largest absolute Gasteiger partial charge is 0.397 e. The number of aryl methyl sites for hydroxylation is 1. The summed E-state index contributed by atoms with van der Waals surface area (Å²) in [4.78, 5) is 4.38. The molecule has 0 saturated heterocycles. The number of nitrogens with two attached hydrogens (primary N) is 1. The summed E-state index contributed by atoms with van der Waals surface area (Å²) in [5.41, 5.74) is 11.2. The Labute approximate surface area is 118 Å². The van der Waals surface area contributed by atoms with Crippen LogP contribution in [0.3, 0.4) is 0 Å². The molecular weight excluding hydrogens is 248 g/mol. The molecule has 0 saturated carbocycles. The Morgan fingerprint density at radius 2 is 2.05 bits per heavy atom. The molecule has 0 atom stereocenters. The van der Waals surface area contributed by atoms with Crippen molar-refractivity contribution in [3.8, 4) is 0 Å². The highest BCUT2D eigenvalue weighted by molar-refractivity contribution is 5.76. The van der Waals surface area contributed by atoms with E-state index in [9.17, 15) is 0 Å². The van der Waals surface area contributed by atoms with E-state index in [0.717, 1.165) is 35.4 Å². The van der Waals surface area contributed by atoms with Gasteiger partial charge in [-0.05, 0) is 36.2 Å². The lowest BCUT2D eigenvalue weighted by molar-refractivity contribution is 0.947. The van der Waals surface area contributed by atoms with Gasteiger partial charge in [0.2, 0.25) is 0 Å². The van der Waals surface area contributed by atoms with Crippen molar-refractivity contribution in [3.05, 3.63) is 54.4 Å². The van der Waals surface area contributed by atoms with E-state index in [1.54, 1.807) is 0 Å². The van der Waals surface area contributed by atoms with Gasteiger partial charge in [0.15, 0.2) is 0 Å². The predicted molar refractivity (Wildman–Crippen MR) is 83.8 cm³/mol. The fourth-order valence-corrected chi connectivity index (χ4v) is 2.34. The molecule has 3 rings (SSSR count). The molecule has 0 bridgehead atoms. The molecule has 102 valence electrons. The van der Waals surface area contributed by atoms with Crippen LogP contribution in [0.5, 0.6) is 0 Å². The molecular formula is C16H18N4. The van der Waals surface area contributed by atoms with Gasteiger partial charge in [0.25, 0.3) is 0 Å². The van der Waals surface area contributed by atoms with Crippen molar-refractivity contribution in [3.63, 3.8) is 0 Å². The number of rotatable bonds is 4. The van der Waals surface area contributed by atoms with E-state index >= 15 is 0 Å². The third kappa shape index (κ3) is 2.45. The van der Waals surface area contributed by atoms with Crippen LogP contribution in [0.1, 0.15) is 5.56 Å². The van der Waals surface area contributed by atoms with Crippen molar-refractivity contribution < 1.29 is 0 Å². The van der Waals surface area contributed by atoms with E-state index in [2.05, 4.69) is 28.5 Å². The molecule has 1 aromatic heterocycles. The van der Waals surface area contributed by atoms with Gasteiger partial charge in [-0.1, -0.05) is 18.2 Å². The van der Waals surface area contributed by atoms with Crippen LogP contribution >= 0.6 is 0 Å². The topological polar surface area (TPSA) is 55.9 Å². The third-order valence-electron chi connectivity index (χ3n) is 3.48. The fourth-order valence-electron chi connectivity index (χ4n) is 2.34. The second kappa shape index (κ2) is 5.25. The van der Waals surface area contributed by atoms with E-state index in [1.165, 1.54) is 5.56 Å². The average Bonchev–Trinajstić information content (AvgIpc) is 2.82. The van der Waals surface area contributed by atoms with E-state index < -0.39 is 0 Å². The highest BCUT2D eigenvalue weighted by atomic mass is 15.0. The zero-order chi connectivity index (χ0) is 13.9. The van der Waals surface area contributed by atoms with E-state index in [4.69, 9.17) is 5.73 Å². The first-order valence-electron chi connectivity index (χ1n) is 6.72. The molecule has 0 aliphatic heterocycles. The van der Waals surface area contributed by atoms with Gasteiger partial charge in [0, 0.05) is 13.6 Å². The monoisotopic (exact) mass is 266 g/mol. The van der Waals surface area contributed by atoms with Gasteiger partial charge in [0.1, 0.15) is 0 Å². The van der Waals surface area contributed by atoms with Crippen molar-refractivity contribution in [2.75, 3.05) is 17.6 Å². The maximum Gasteiger partial charge on any atom is 0.0955 e. The van der Waals surface area contributed by atoms with E-state index in [-0.39, 0.29) is 0 Å². The molecule has 0 amide bonds. The Hall–Kier alpha value is -2.49. The summed E-state index contributed by atoms with van der Waals surface area (Å²) in [6, 6.07) is 14.2. The molecule has 0 aliphatic rings. The van der Waals surface area contributed by atoms with E-state index in [0.29, 0.717) is 0 Å². The summed E-state index contributed by atoms with van der Waals surface area (Å²) < 4.78 is 2.03. The SMILES string of the molecule is Cn1cnc2cc(CCNc3ccccc3N)ccc21. The van der Waals surface area contributed by atoms with Crippen LogP contribution in [-0.2, 0) is 13.5 Å². The standard InChI is InChI=1S/C16H18N4/c1-20-11-19-15-10-12(6-7-16(15)20)8-9-18-14-5-3-2-4-13(14)17/h2-7,10-11,18H,8-9,17H2,1H3. The number of fused-ring (bicyclic) bond motifs is 1. The van der Waals surface area contributed by atoms with Gasteiger partial charge in [-0.3, -0.25) is 0 Å². The summed E-state index contributed by atoms with van der Waals surface area (Å²) >= 11 is 0. The molecule has 4 heteroatoms. The van der Waals surface area contributed by atoms with Crippen LogP contribution in [0.25, 0.3) is 11.0 Å². The maximum atomic E-state index is 5.90. The highest BCUT2D eigenvalue weighted by Crippen LogP contribution is 2.17. The second-order valence-electron chi connectivity index (χ2n) is 4.94. The van der Waals surface area contributed by atoms with Crippen molar-refractivity contribution in [2.45, 2.75) is 6.42 Å². The van der Waals surface area contributed by atoms with Gasteiger partial charge in [-0.15, -0.1) is 0 Å². The molecule has 4 nitrogen and oxygen atoms in total. The van der Waals surface area contributed by atoms with Crippen LogP contribution in [0.15, 0.2) is 48.8 Å². The van der Waals surface area contributed by atoms with Crippen molar-refractivity contribution in [1.29, 1.82) is 0 Å². The number of aromatic nitrogens is 2. The molecule has 0 unspecified atom stereocenters. The Morgan fingerprint density at radius 3 is 2.90 bits per heavy atom. The summed E-state index contributed by atoms with van der Waals surface area (Å²) in [5, 5.41) is 3.36. The van der Waals surface area contributed by atoms with Gasteiger partial charge in [0.05, 0.1) is 28.7 Å². The molecule has 3 N–H and O–H groups in total. The molecule has 20 heavy (non-hydrogen) atoms. The molecule has 0 spiro atoms. The predicted octanol–water partition coefficient (Wildman–Crippen LogP) is 2.81. The first-order chi connectivity index (χ1) is 9.74. The van der Waals surface area contributed by atoms with Crippen LogP contribution in [0, 0.1) is 0 Å². The lowest BCUT2D eigenvalue weighted by Crippen LogP contribution is -2.06. The van der Waals surface area contributed by atoms with Gasteiger partial charge in [-0.2, -0.15) is 0 Å². The van der Waals surface area contributed by atoms with Gasteiger partial charge in [-0.25, -0.2) is 4.98 Å². The number of benzene rings is 2. The summed E-state index contributed by atoms with van der Waals surface area (Å²) in [5.74, 6) is 0. The minimum Gasteiger partial charge on any atom is -0.397 e. The number of nitrogens with zero attached hydrogens (tertiary/aromatic N) is 2. The number of hydrogen-bond acceptors (Lipinski definition) is 3. The zero-order valence-corrected chi connectivity index (χ0v) is 11.5. The summed E-state index contributed by atoms with van der Waals surface area (Å²) in [7, 11) is 2.01. The third-order valence-corrected chi connectivity index (χ3v) is 3.48. The molecule has 0 fully saturated rings. The minimum absolute atomic E-state index is 0.785. The van der Waals surface area contributed by atoms with Crippen LogP contribution < -0.4 is 11.1 Å². The van der Waals surface area contributed by atoms with Crippen molar-refractivity contribution in [2.24, 2.45) is 7.05 Å². The molecule has 3 aromatic rings. The fraction of sp³-hybridized carbons (Fsp3) is 0.188. The quantitative estimate of drug-likeness (QED) is 0.714. The van der Waals surface area contributed by atoms with Crippen LogP contribution in [0.4, 0.5) is 11.4 Å². The maximum absolute atomic E-state index is 5.90. The molecule has 2 aromatic carbocycles. The smallest absolute Gasteiger partial charge is 0.0955 e.